The molecule has 110 valence electrons. The SMILES string of the molecule is CCO[C@H]1CC[C@H]2[C@H]1OCCN2C(=O)Cc1ccsc1. The summed E-state index contributed by atoms with van der Waals surface area (Å²) in [6, 6.07) is 2.23. The molecule has 1 aromatic rings. The van der Waals surface area contributed by atoms with Crippen LogP contribution in [0.5, 0.6) is 0 Å². The van der Waals surface area contributed by atoms with Crippen LogP contribution in [0.4, 0.5) is 0 Å². The Bertz CT molecular complexity index is 448. The van der Waals surface area contributed by atoms with Crippen molar-refractivity contribution < 1.29 is 14.3 Å². The van der Waals surface area contributed by atoms with Gasteiger partial charge in [-0.05, 0) is 42.2 Å². The van der Waals surface area contributed by atoms with Crippen molar-refractivity contribution in [3.63, 3.8) is 0 Å². The van der Waals surface area contributed by atoms with Gasteiger partial charge < -0.3 is 14.4 Å². The average molecular weight is 295 g/mol. The Labute approximate surface area is 123 Å². The van der Waals surface area contributed by atoms with E-state index in [0.717, 1.165) is 18.4 Å². The quantitative estimate of drug-likeness (QED) is 0.854. The first-order valence-corrected chi connectivity index (χ1v) is 8.27. The summed E-state index contributed by atoms with van der Waals surface area (Å²) in [6.45, 7) is 4.05. The van der Waals surface area contributed by atoms with Gasteiger partial charge in [0.1, 0.15) is 6.10 Å². The fraction of sp³-hybridized carbons (Fsp3) is 0.667. The molecule has 0 aromatic carbocycles. The van der Waals surface area contributed by atoms with Gasteiger partial charge in [0.25, 0.3) is 0 Å². The van der Waals surface area contributed by atoms with Crippen LogP contribution in [-0.2, 0) is 20.7 Å². The van der Waals surface area contributed by atoms with Gasteiger partial charge in [-0.1, -0.05) is 0 Å². The van der Waals surface area contributed by atoms with Crippen LogP contribution in [0.25, 0.3) is 0 Å². The minimum absolute atomic E-state index is 0.0649. The van der Waals surface area contributed by atoms with Crippen molar-refractivity contribution in [3.05, 3.63) is 22.4 Å². The van der Waals surface area contributed by atoms with E-state index in [9.17, 15) is 4.79 Å². The van der Waals surface area contributed by atoms with E-state index in [2.05, 4.69) is 0 Å². The highest BCUT2D eigenvalue weighted by atomic mass is 32.1. The van der Waals surface area contributed by atoms with Gasteiger partial charge in [0.15, 0.2) is 0 Å². The minimum atomic E-state index is 0.0649. The summed E-state index contributed by atoms with van der Waals surface area (Å²) in [7, 11) is 0. The molecule has 1 aliphatic carbocycles. The first-order chi connectivity index (χ1) is 9.79. The number of hydrogen-bond acceptors (Lipinski definition) is 4. The summed E-state index contributed by atoms with van der Waals surface area (Å²) in [5.41, 5.74) is 1.11. The maximum Gasteiger partial charge on any atom is 0.227 e. The van der Waals surface area contributed by atoms with E-state index in [4.69, 9.17) is 9.47 Å². The van der Waals surface area contributed by atoms with Crippen molar-refractivity contribution in [2.24, 2.45) is 0 Å². The Morgan fingerprint density at radius 3 is 3.20 bits per heavy atom. The highest BCUT2D eigenvalue weighted by Crippen LogP contribution is 2.32. The van der Waals surface area contributed by atoms with Gasteiger partial charge in [-0.15, -0.1) is 0 Å². The van der Waals surface area contributed by atoms with Crippen LogP contribution < -0.4 is 0 Å². The van der Waals surface area contributed by atoms with E-state index in [0.29, 0.717) is 26.2 Å². The predicted octanol–water partition coefficient (Wildman–Crippen LogP) is 2.09. The first-order valence-electron chi connectivity index (χ1n) is 7.33. The summed E-state index contributed by atoms with van der Waals surface area (Å²) in [6.07, 6.45) is 2.71. The summed E-state index contributed by atoms with van der Waals surface area (Å²) in [5, 5.41) is 4.07. The fourth-order valence-corrected chi connectivity index (χ4v) is 3.96. The van der Waals surface area contributed by atoms with E-state index in [1.807, 2.05) is 28.7 Å². The molecule has 5 heteroatoms. The van der Waals surface area contributed by atoms with Crippen molar-refractivity contribution in [1.82, 2.24) is 4.90 Å². The van der Waals surface area contributed by atoms with Crippen LogP contribution in [0.1, 0.15) is 25.3 Å². The molecule has 1 aromatic heterocycles. The number of nitrogens with zero attached hydrogens (tertiary/aromatic N) is 1. The molecule has 0 spiro atoms. The average Bonchev–Trinajstić information content (AvgIpc) is 3.09. The van der Waals surface area contributed by atoms with Crippen LogP contribution in [-0.4, -0.2) is 48.8 Å². The van der Waals surface area contributed by atoms with Gasteiger partial charge in [0.05, 0.1) is 25.2 Å². The van der Waals surface area contributed by atoms with E-state index in [-0.39, 0.29) is 24.2 Å². The highest BCUT2D eigenvalue weighted by molar-refractivity contribution is 7.07. The van der Waals surface area contributed by atoms with Crippen LogP contribution in [0.3, 0.4) is 0 Å². The zero-order chi connectivity index (χ0) is 13.9. The molecule has 0 unspecified atom stereocenters. The fourth-order valence-electron chi connectivity index (χ4n) is 3.29. The van der Waals surface area contributed by atoms with E-state index in [1.54, 1.807) is 11.3 Å². The van der Waals surface area contributed by atoms with Gasteiger partial charge >= 0.3 is 0 Å². The highest BCUT2D eigenvalue weighted by Gasteiger charge is 2.44. The van der Waals surface area contributed by atoms with Crippen LogP contribution in [0, 0.1) is 0 Å². The topological polar surface area (TPSA) is 38.8 Å². The van der Waals surface area contributed by atoms with Crippen molar-refractivity contribution in [2.75, 3.05) is 19.8 Å². The number of carbonyl (C=O) groups excluding carboxylic acids is 1. The lowest BCUT2D eigenvalue weighted by Gasteiger charge is -2.39. The molecule has 3 rings (SSSR count). The molecule has 2 fully saturated rings. The summed E-state index contributed by atoms with van der Waals surface area (Å²) in [5.74, 6) is 0.221. The second kappa shape index (κ2) is 6.24. The maximum atomic E-state index is 12.5. The minimum Gasteiger partial charge on any atom is -0.376 e. The molecule has 1 aliphatic heterocycles. The number of thiophene rings is 1. The largest absolute Gasteiger partial charge is 0.376 e. The molecule has 0 radical (unpaired) electrons. The van der Waals surface area contributed by atoms with Crippen molar-refractivity contribution in [2.45, 2.75) is 44.4 Å². The third-order valence-corrected chi connectivity index (χ3v) is 4.90. The second-order valence-electron chi connectivity index (χ2n) is 5.37. The summed E-state index contributed by atoms with van der Waals surface area (Å²) in [4.78, 5) is 14.5. The van der Waals surface area contributed by atoms with Gasteiger partial charge in [-0.25, -0.2) is 0 Å². The zero-order valence-corrected chi connectivity index (χ0v) is 12.6. The van der Waals surface area contributed by atoms with Gasteiger partial charge in [0.2, 0.25) is 5.91 Å². The number of ether oxygens (including phenoxy) is 2. The second-order valence-corrected chi connectivity index (χ2v) is 6.15. The Morgan fingerprint density at radius 1 is 1.55 bits per heavy atom. The molecule has 20 heavy (non-hydrogen) atoms. The maximum absolute atomic E-state index is 12.5. The molecule has 0 bridgehead atoms. The number of hydrogen-bond donors (Lipinski definition) is 0. The lowest BCUT2D eigenvalue weighted by Crippen LogP contribution is -2.54. The molecule has 1 saturated heterocycles. The third-order valence-electron chi connectivity index (χ3n) is 4.17. The molecule has 2 aliphatic rings. The van der Waals surface area contributed by atoms with Crippen molar-refractivity contribution in [3.8, 4) is 0 Å². The van der Waals surface area contributed by atoms with Crippen molar-refractivity contribution in [1.29, 1.82) is 0 Å². The Hall–Kier alpha value is -0.910. The van der Waals surface area contributed by atoms with E-state index in [1.165, 1.54) is 0 Å². The Kier molecular flexibility index (Phi) is 4.38. The normalized spacial score (nSPS) is 29.4. The monoisotopic (exact) mass is 295 g/mol. The van der Waals surface area contributed by atoms with Crippen molar-refractivity contribution >= 4 is 17.2 Å². The molecule has 4 nitrogen and oxygen atoms in total. The lowest BCUT2D eigenvalue weighted by atomic mass is 10.1. The van der Waals surface area contributed by atoms with Gasteiger partial charge in [-0.2, -0.15) is 11.3 Å². The first kappa shape index (κ1) is 14.0. The van der Waals surface area contributed by atoms with Crippen LogP contribution in [0.2, 0.25) is 0 Å². The Balaban J connectivity index is 1.66. The van der Waals surface area contributed by atoms with Gasteiger partial charge in [0, 0.05) is 13.2 Å². The summed E-state index contributed by atoms with van der Waals surface area (Å²) < 4.78 is 11.6. The molecule has 0 N–H and O–H groups in total. The zero-order valence-electron chi connectivity index (χ0n) is 11.8. The number of carbonyl (C=O) groups is 1. The molecular formula is C15H21NO3S. The standard InChI is InChI=1S/C15H21NO3S/c1-2-18-13-4-3-12-15(13)19-7-6-16(12)14(17)9-11-5-8-20-10-11/h5,8,10,12-13,15H,2-4,6-7,9H2,1H3/t12-,13-,15+/m0/s1. The van der Waals surface area contributed by atoms with E-state index >= 15 is 0 Å². The number of fused-ring (bicyclic) bond motifs is 1. The van der Waals surface area contributed by atoms with Crippen LogP contribution >= 0.6 is 11.3 Å². The summed E-state index contributed by atoms with van der Waals surface area (Å²) >= 11 is 1.64. The lowest BCUT2D eigenvalue weighted by molar-refractivity contribution is -0.150. The number of rotatable bonds is 4. The number of morpholine rings is 1. The third kappa shape index (κ3) is 2.75. The predicted molar refractivity (Wildman–Crippen MR) is 77.9 cm³/mol. The number of amides is 1. The molecular weight excluding hydrogens is 274 g/mol. The molecule has 2 heterocycles. The van der Waals surface area contributed by atoms with E-state index < -0.39 is 0 Å². The molecule has 1 amide bonds. The van der Waals surface area contributed by atoms with Crippen LogP contribution in [0.15, 0.2) is 16.8 Å². The van der Waals surface area contributed by atoms with Gasteiger partial charge in [-0.3, -0.25) is 4.79 Å². The smallest absolute Gasteiger partial charge is 0.227 e. The molecule has 1 saturated carbocycles. The molecule has 3 atom stereocenters. The Morgan fingerprint density at radius 2 is 2.45 bits per heavy atom.